The van der Waals surface area contributed by atoms with E-state index in [-0.39, 0.29) is 24.9 Å². The van der Waals surface area contributed by atoms with Crippen LogP contribution in [0.15, 0.2) is 96.6 Å². The maximum atomic E-state index is 13.6. The number of nitrogens with one attached hydrogen (secondary N) is 1. The molecule has 4 rings (SSSR count). The zero-order valence-corrected chi connectivity index (χ0v) is 25.1. The van der Waals surface area contributed by atoms with Crippen LogP contribution in [-0.4, -0.2) is 47.6 Å². The van der Waals surface area contributed by atoms with Gasteiger partial charge in [-0.05, 0) is 54.5 Å². The van der Waals surface area contributed by atoms with Crippen molar-refractivity contribution in [3.8, 4) is 0 Å². The molecule has 0 bridgehead atoms. The Kier molecular flexibility index (Phi) is 10.7. The number of rotatable bonds is 14. The van der Waals surface area contributed by atoms with E-state index in [1.165, 1.54) is 0 Å². The van der Waals surface area contributed by atoms with Crippen LogP contribution >= 0.6 is 0 Å². The van der Waals surface area contributed by atoms with Gasteiger partial charge in [0.1, 0.15) is 0 Å². The molecule has 0 heterocycles. The van der Waals surface area contributed by atoms with Crippen LogP contribution < -0.4 is 11.1 Å². The Balaban J connectivity index is 1.62. The Labute approximate surface area is 250 Å². The number of aliphatic hydroxyl groups is 1. The summed E-state index contributed by atoms with van der Waals surface area (Å²) in [6, 6.07) is 24.3. The Morgan fingerprint density at radius 2 is 1.64 bits per heavy atom. The molecule has 0 saturated heterocycles. The Bertz CT molecular complexity index is 1410. The number of hydrogen-bond donors (Lipinski definition) is 3. The number of aliphatic hydroxyl groups excluding tert-OH is 1. The molecule has 0 fully saturated rings. The number of primary amides is 1. The van der Waals surface area contributed by atoms with E-state index >= 15 is 0 Å². The number of amides is 2. The van der Waals surface area contributed by atoms with Crippen LogP contribution in [0.25, 0.3) is 10.8 Å². The average Bonchev–Trinajstić information content (AvgIpc) is 3.02. The molecule has 0 saturated carbocycles. The predicted molar refractivity (Wildman–Crippen MR) is 171 cm³/mol. The van der Waals surface area contributed by atoms with Crippen LogP contribution in [0.5, 0.6) is 0 Å². The molecule has 0 radical (unpaired) electrons. The Hall–Kier alpha value is -3.74. The van der Waals surface area contributed by atoms with Gasteiger partial charge in [0, 0.05) is 37.2 Å². The predicted octanol–water partition coefficient (Wildman–Crippen LogP) is 5.72. The molecule has 4 atom stereocenters. The van der Waals surface area contributed by atoms with E-state index in [9.17, 15) is 14.7 Å². The van der Waals surface area contributed by atoms with E-state index in [0.717, 1.165) is 34.7 Å². The fourth-order valence-corrected chi connectivity index (χ4v) is 6.29. The van der Waals surface area contributed by atoms with Crippen LogP contribution in [-0.2, 0) is 16.0 Å². The molecule has 3 aromatic carbocycles. The summed E-state index contributed by atoms with van der Waals surface area (Å²) in [7, 11) is 0. The number of nitrogens with two attached hydrogens (primary N) is 1. The van der Waals surface area contributed by atoms with Gasteiger partial charge in [0.05, 0.1) is 11.5 Å². The molecular formula is C36H45N3O3. The zero-order chi connectivity index (χ0) is 30.1. The zero-order valence-electron chi connectivity index (χ0n) is 25.1. The van der Waals surface area contributed by atoms with Gasteiger partial charge in [-0.25, -0.2) is 0 Å². The Morgan fingerprint density at radius 1 is 0.976 bits per heavy atom. The molecule has 42 heavy (non-hydrogen) atoms. The van der Waals surface area contributed by atoms with Crippen molar-refractivity contribution in [1.29, 1.82) is 0 Å². The van der Waals surface area contributed by atoms with Gasteiger partial charge in [-0.3, -0.25) is 9.59 Å². The van der Waals surface area contributed by atoms with Gasteiger partial charge >= 0.3 is 0 Å². The maximum absolute atomic E-state index is 13.6. The largest absolute Gasteiger partial charge is 0.391 e. The lowest BCUT2D eigenvalue weighted by Gasteiger charge is -2.41. The maximum Gasteiger partial charge on any atom is 0.249 e. The summed E-state index contributed by atoms with van der Waals surface area (Å²) in [6.07, 6.45) is 6.78. The first-order chi connectivity index (χ1) is 20.3. The van der Waals surface area contributed by atoms with Crippen molar-refractivity contribution in [2.75, 3.05) is 19.6 Å². The molecule has 2 amide bonds. The van der Waals surface area contributed by atoms with Gasteiger partial charge in [0.25, 0.3) is 0 Å². The van der Waals surface area contributed by atoms with Crippen molar-refractivity contribution >= 4 is 22.6 Å². The van der Waals surface area contributed by atoms with E-state index < -0.39 is 23.3 Å². The van der Waals surface area contributed by atoms with Gasteiger partial charge in [-0.2, -0.15) is 0 Å². The van der Waals surface area contributed by atoms with E-state index in [1.807, 2.05) is 53.4 Å². The Morgan fingerprint density at radius 3 is 2.33 bits per heavy atom. The highest BCUT2D eigenvalue weighted by Gasteiger charge is 2.47. The minimum atomic E-state index is -1.22. The fraction of sp³-hybridized carbons (Fsp3) is 0.389. The van der Waals surface area contributed by atoms with E-state index in [0.29, 0.717) is 25.1 Å². The highest BCUT2D eigenvalue weighted by molar-refractivity contribution is 5.96. The standard InChI is InChI=1S/C36H45N3O3/c1-4-21-39(22-5-2)34(41)29-17-12-20-36(24-29,35(37)42)32(23-27-13-7-6-8-14-27)33(40)25-38-26(3)30-19-11-16-28-15-9-10-18-31(28)30/h6-20,26,32-33,38,40H,4-5,21-25H2,1-3H3,(H2,37,42)/t26-,32+,33-,36?/m0/s1. The van der Waals surface area contributed by atoms with Crippen LogP contribution in [0, 0.1) is 11.3 Å². The molecule has 222 valence electrons. The summed E-state index contributed by atoms with van der Waals surface area (Å²) >= 11 is 0. The highest BCUT2D eigenvalue weighted by atomic mass is 16.3. The normalized spacial score (nSPS) is 18.7. The highest BCUT2D eigenvalue weighted by Crippen LogP contribution is 2.43. The second kappa shape index (κ2) is 14.4. The molecule has 4 N–H and O–H groups in total. The topological polar surface area (TPSA) is 95.7 Å². The van der Waals surface area contributed by atoms with Crippen LogP contribution in [0.2, 0.25) is 0 Å². The van der Waals surface area contributed by atoms with Crippen molar-refractivity contribution < 1.29 is 14.7 Å². The SMILES string of the molecule is CCCN(CCC)C(=O)C1=CC=CC(C(N)=O)([C@H](Cc2ccccc2)[C@@H](O)CN[C@@H](C)c2cccc3ccccc23)C1. The van der Waals surface area contributed by atoms with Crippen LogP contribution in [0.4, 0.5) is 0 Å². The molecule has 0 spiro atoms. The number of benzene rings is 3. The molecule has 1 aliphatic carbocycles. The summed E-state index contributed by atoms with van der Waals surface area (Å²) in [5, 5.41) is 17.7. The lowest BCUT2D eigenvalue weighted by Crippen LogP contribution is -2.51. The first kappa shape index (κ1) is 31.2. The van der Waals surface area contributed by atoms with Crippen molar-refractivity contribution in [2.45, 2.75) is 58.6 Å². The van der Waals surface area contributed by atoms with Crippen molar-refractivity contribution in [1.82, 2.24) is 10.2 Å². The summed E-state index contributed by atoms with van der Waals surface area (Å²) in [6.45, 7) is 7.76. The number of carbonyl (C=O) groups is 2. The van der Waals surface area contributed by atoms with Gasteiger partial charge in [0.15, 0.2) is 0 Å². The van der Waals surface area contributed by atoms with Crippen molar-refractivity contribution in [3.05, 3.63) is 108 Å². The second-order valence-electron chi connectivity index (χ2n) is 11.5. The lowest BCUT2D eigenvalue weighted by atomic mass is 9.64. The third-order valence-electron chi connectivity index (χ3n) is 8.53. The second-order valence-corrected chi connectivity index (χ2v) is 11.5. The third kappa shape index (κ3) is 7.00. The van der Waals surface area contributed by atoms with Gasteiger partial charge in [-0.15, -0.1) is 0 Å². The fourth-order valence-electron chi connectivity index (χ4n) is 6.29. The summed E-state index contributed by atoms with van der Waals surface area (Å²) in [5.74, 6) is -1.15. The molecular weight excluding hydrogens is 522 g/mol. The van der Waals surface area contributed by atoms with Crippen LogP contribution in [0.1, 0.15) is 57.2 Å². The minimum Gasteiger partial charge on any atom is -0.391 e. The number of hydrogen-bond acceptors (Lipinski definition) is 4. The van der Waals surface area contributed by atoms with Gasteiger partial charge in [-0.1, -0.05) is 105 Å². The summed E-state index contributed by atoms with van der Waals surface area (Å²) < 4.78 is 0. The summed E-state index contributed by atoms with van der Waals surface area (Å²) in [5.41, 5.74) is 7.67. The molecule has 0 aromatic heterocycles. The van der Waals surface area contributed by atoms with E-state index in [4.69, 9.17) is 5.73 Å². The van der Waals surface area contributed by atoms with Crippen LogP contribution in [0.3, 0.4) is 0 Å². The van der Waals surface area contributed by atoms with E-state index in [2.05, 4.69) is 50.4 Å². The molecule has 1 unspecified atom stereocenters. The first-order valence-electron chi connectivity index (χ1n) is 15.2. The van der Waals surface area contributed by atoms with Crippen molar-refractivity contribution in [3.63, 3.8) is 0 Å². The number of nitrogens with zero attached hydrogens (tertiary/aromatic N) is 1. The van der Waals surface area contributed by atoms with Gasteiger partial charge in [0.2, 0.25) is 11.8 Å². The molecule has 6 nitrogen and oxygen atoms in total. The van der Waals surface area contributed by atoms with Gasteiger partial charge < -0.3 is 21.1 Å². The first-order valence-corrected chi connectivity index (χ1v) is 15.2. The molecule has 0 aliphatic heterocycles. The smallest absolute Gasteiger partial charge is 0.249 e. The number of carbonyl (C=O) groups excluding carboxylic acids is 2. The molecule has 3 aromatic rings. The average molecular weight is 568 g/mol. The van der Waals surface area contributed by atoms with Crippen molar-refractivity contribution in [2.24, 2.45) is 17.1 Å². The minimum absolute atomic E-state index is 0.0387. The molecule has 6 heteroatoms. The van der Waals surface area contributed by atoms with E-state index in [1.54, 1.807) is 18.2 Å². The quantitative estimate of drug-likeness (QED) is 0.232. The number of fused-ring (bicyclic) bond motifs is 1. The summed E-state index contributed by atoms with van der Waals surface area (Å²) in [4.78, 5) is 28.9. The lowest BCUT2D eigenvalue weighted by molar-refractivity contribution is -0.132. The third-order valence-corrected chi connectivity index (χ3v) is 8.53. The molecule has 1 aliphatic rings. The monoisotopic (exact) mass is 567 g/mol. The number of allylic oxidation sites excluding steroid dienone is 2.